The van der Waals surface area contributed by atoms with Gasteiger partial charge >= 0.3 is 0 Å². The minimum atomic E-state index is -1.87. The Hall–Kier alpha value is -0.0931. The van der Waals surface area contributed by atoms with Gasteiger partial charge in [0.25, 0.3) is 0 Å². The van der Waals surface area contributed by atoms with Crippen LogP contribution in [0.3, 0.4) is 0 Å². The molecule has 0 radical (unpaired) electrons. The van der Waals surface area contributed by atoms with E-state index in [9.17, 15) is 4.39 Å². The molecule has 3 rings (SSSR count). The SMILES string of the molecule is CC[Si](CC)(CC)OC(CCCCC1CC2C(C1)C2(C)C)c1c(Cl)ccc(F)c1Cl. The molecule has 0 amide bonds. The normalized spacial score (nSPS) is 25.9. The maximum Gasteiger partial charge on any atom is 0.192 e. The van der Waals surface area contributed by atoms with E-state index in [1.165, 1.54) is 31.7 Å². The maximum absolute atomic E-state index is 14.3. The van der Waals surface area contributed by atoms with Gasteiger partial charge in [0, 0.05) is 10.6 Å². The quantitative estimate of drug-likeness (QED) is 0.177. The summed E-state index contributed by atoms with van der Waals surface area (Å²) < 4.78 is 21.1. The summed E-state index contributed by atoms with van der Waals surface area (Å²) in [5, 5.41) is 0.660. The minimum absolute atomic E-state index is 0.136. The number of hydrogen-bond acceptors (Lipinski definition) is 1. The Morgan fingerprint density at radius 1 is 1.07 bits per heavy atom. The first kappa shape index (κ1) is 24.5. The van der Waals surface area contributed by atoms with Gasteiger partial charge in [-0.15, -0.1) is 0 Å². The van der Waals surface area contributed by atoms with Crippen molar-refractivity contribution in [3.8, 4) is 0 Å². The van der Waals surface area contributed by atoms with E-state index < -0.39 is 14.1 Å². The van der Waals surface area contributed by atoms with Crippen molar-refractivity contribution in [3.05, 3.63) is 33.6 Å². The highest BCUT2D eigenvalue weighted by atomic mass is 35.5. The predicted molar refractivity (Wildman–Crippen MR) is 129 cm³/mol. The molecular weight excluding hydrogens is 434 g/mol. The summed E-state index contributed by atoms with van der Waals surface area (Å²) in [6.07, 6.45) is 7.07. The Labute approximate surface area is 194 Å². The summed E-state index contributed by atoms with van der Waals surface area (Å²) >= 11 is 12.9. The molecule has 1 nitrogen and oxygen atoms in total. The first-order valence-corrected chi connectivity index (χ1v) is 15.3. The van der Waals surface area contributed by atoms with Crippen LogP contribution in [0.5, 0.6) is 0 Å². The molecule has 3 unspecified atom stereocenters. The highest BCUT2D eigenvalue weighted by Crippen LogP contribution is 2.68. The lowest BCUT2D eigenvalue weighted by Crippen LogP contribution is -2.37. The number of rotatable bonds is 11. The number of halogens is 3. The molecule has 0 heterocycles. The lowest BCUT2D eigenvalue weighted by molar-refractivity contribution is 0.174. The summed E-state index contributed by atoms with van der Waals surface area (Å²) in [6, 6.07) is 6.14. The van der Waals surface area contributed by atoms with Crippen LogP contribution in [0.2, 0.25) is 28.2 Å². The second-order valence-electron chi connectivity index (χ2n) is 10.3. The fourth-order valence-corrected chi connectivity index (χ4v) is 9.46. The Morgan fingerprint density at radius 3 is 2.23 bits per heavy atom. The molecule has 3 atom stereocenters. The Bertz CT molecular complexity index is 712. The molecule has 0 bridgehead atoms. The van der Waals surface area contributed by atoms with Crippen LogP contribution in [0.25, 0.3) is 0 Å². The van der Waals surface area contributed by atoms with Crippen molar-refractivity contribution in [3.63, 3.8) is 0 Å². The average molecular weight is 474 g/mol. The number of hydrogen-bond donors (Lipinski definition) is 0. The van der Waals surface area contributed by atoms with Gasteiger partial charge in [0.05, 0.1) is 11.1 Å². The molecule has 2 fully saturated rings. The van der Waals surface area contributed by atoms with Crippen LogP contribution in [0, 0.1) is 29.0 Å². The van der Waals surface area contributed by atoms with E-state index in [0.717, 1.165) is 48.7 Å². The summed E-state index contributed by atoms with van der Waals surface area (Å²) in [5.74, 6) is 2.42. The van der Waals surface area contributed by atoms with Crippen LogP contribution in [0.4, 0.5) is 4.39 Å². The molecule has 0 saturated heterocycles. The van der Waals surface area contributed by atoms with Crippen molar-refractivity contribution >= 4 is 31.5 Å². The second-order valence-corrected chi connectivity index (χ2v) is 15.8. The fraction of sp³-hybridized carbons (Fsp3) is 0.760. The molecule has 1 aromatic rings. The van der Waals surface area contributed by atoms with Crippen molar-refractivity contribution in [1.29, 1.82) is 0 Å². The van der Waals surface area contributed by atoms with Gasteiger partial charge in [-0.05, 0) is 72.7 Å². The molecule has 0 aliphatic heterocycles. The van der Waals surface area contributed by atoms with Gasteiger partial charge in [0.15, 0.2) is 8.32 Å². The van der Waals surface area contributed by atoms with Crippen molar-refractivity contribution < 1.29 is 8.82 Å². The highest BCUT2D eigenvalue weighted by molar-refractivity contribution is 6.73. The lowest BCUT2D eigenvalue weighted by atomic mass is 9.89. The zero-order valence-corrected chi connectivity index (χ0v) is 21.9. The molecule has 30 heavy (non-hydrogen) atoms. The lowest BCUT2D eigenvalue weighted by Gasteiger charge is -2.34. The molecule has 1 aromatic carbocycles. The Balaban J connectivity index is 1.64. The molecule has 2 saturated carbocycles. The van der Waals surface area contributed by atoms with Gasteiger partial charge in [0.1, 0.15) is 5.82 Å². The van der Waals surface area contributed by atoms with Gasteiger partial charge in [-0.3, -0.25) is 0 Å². The molecule has 5 heteroatoms. The molecule has 2 aliphatic rings. The molecule has 2 aliphatic carbocycles. The van der Waals surface area contributed by atoms with E-state index >= 15 is 0 Å². The predicted octanol–water partition coefficient (Wildman–Crippen LogP) is 9.44. The van der Waals surface area contributed by atoms with E-state index in [1.807, 2.05) is 0 Å². The van der Waals surface area contributed by atoms with Gasteiger partial charge < -0.3 is 4.43 Å². The Kier molecular flexibility index (Phi) is 8.03. The van der Waals surface area contributed by atoms with Crippen molar-refractivity contribution in [2.75, 3.05) is 0 Å². The zero-order valence-electron chi connectivity index (χ0n) is 19.4. The minimum Gasteiger partial charge on any atom is -0.410 e. The van der Waals surface area contributed by atoms with E-state index in [-0.39, 0.29) is 11.1 Å². The van der Waals surface area contributed by atoms with Crippen LogP contribution in [0.15, 0.2) is 12.1 Å². The second kappa shape index (κ2) is 9.81. The van der Waals surface area contributed by atoms with Gasteiger partial charge in [-0.1, -0.05) is 77.1 Å². The maximum atomic E-state index is 14.3. The van der Waals surface area contributed by atoms with Crippen LogP contribution in [-0.4, -0.2) is 8.32 Å². The van der Waals surface area contributed by atoms with E-state index in [2.05, 4.69) is 34.6 Å². The number of benzene rings is 1. The summed E-state index contributed by atoms with van der Waals surface area (Å²) in [5.41, 5.74) is 1.27. The molecular formula is C25H39Cl2FOSi. The van der Waals surface area contributed by atoms with Crippen LogP contribution in [-0.2, 0) is 4.43 Å². The molecule has 0 aromatic heterocycles. The average Bonchev–Trinajstić information content (AvgIpc) is 3.06. The smallest absolute Gasteiger partial charge is 0.192 e. The van der Waals surface area contributed by atoms with Gasteiger partial charge in [-0.2, -0.15) is 0 Å². The third kappa shape index (κ3) is 4.95. The largest absolute Gasteiger partial charge is 0.410 e. The molecule has 170 valence electrons. The van der Waals surface area contributed by atoms with E-state index in [0.29, 0.717) is 16.0 Å². The van der Waals surface area contributed by atoms with Crippen LogP contribution >= 0.6 is 23.2 Å². The standard InChI is InChI=1S/C25H39Cl2FOSi/c1-6-30(7-2,8-3)29-22(23-20(26)13-14-21(28)24(23)27)12-10-9-11-17-15-18-19(16-17)25(18,4)5/h13-14,17-19,22H,6-12,15-16H2,1-5H3. The van der Waals surface area contributed by atoms with Crippen molar-refractivity contribution in [2.45, 2.75) is 97.4 Å². The van der Waals surface area contributed by atoms with Crippen molar-refractivity contribution in [1.82, 2.24) is 0 Å². The topological polar surface area (TPSA) is 9.23 Å². The molecule has 0 N–H and O–H groups in total. The third-order valence-corrected chi connectivity index (χ3v) is 13.9. The summed E-state index contributed by atoms with van der Waals surface area (Å²) in [7, 11) is -1.87. The van der Waals surface area contributed by atoms with Crippen LogP contribution in [0.1, 0.15) is 84.8 Å². The number of unbranched alkanes of at least 4 members (excludes halogenated alkanes) is 1. The highest BCUT2D eigenvalue weighted by Gasteiger charge is 2.61. The molecule has 0 spiro atoms. The van der Waals surface area contributed by atoms with Gasteiger partial charge in [0.2, 0.25) is 0 Å². The zero-order chi connectivity index (χ0) is 22.1. The van der Waals surface area contributed by atoms with Crippen molar-refractivity contribution in [2.24, 2.45) is 23.2 Å². The summed E-state index contributed by atoms with van der Waals surface area (Å²) in [4.78, 5) is 0. The summed E-state index contributed by atoms with van der Waals surface area (Å²) in [6.45, 7) is 11.5. The number of fused-ring (bicyclic) bond motifs is 1. The fourth-order valence-electron chi connectivity index (χ4n) is 6.01. The first-order valence-electron chi connectivity index (χ1n) is 12.0. The van der Waals surface area contributed by atoms with E-state index in [1.54, 1.807) is 6.07 Å². The monoisotopic (exact) mass is 472 g/mol. The van der Waals surface area contributed by atoms with E-state index in [4.69, 9.17) is 27.6 Å². The third-order valence-electron chi connectivity index (χ3n) is 8.52. The van der Waals surface area contributed by atoms with Crippen LogP contribution < -0.4 is 0 Å². The van der Waals surface area contributed by atoms with Gasteiger partial charge in [-0.25, -0.2) is 4.39 Å². The first-order chi connectivity index (χ1) is 14.2. The Morgan fingerprint density at radius 2 is 1.67 bits per heavy atom.